The molecular weight excluding hydrogens is 415 g/mol. The maximum Gasteiger partial charge on any atom is 0.332 e. The summed E-state index contributed by atoms with van der Waals surface area (Å²) >= 11 is 9.41. The molecule has 0 bridgehead atoms. The molecule has 2 aromatic heterocycles. The van der Waals surface area contributed by atoms with Crippen molar-refractivity contribution in [2.45, 2.75) is 26.4 Å². The first-order valence-corrected chi connectivity index (χ1v) is 8.71. The van der Waals surface area contributed by atoms with Crippen LogP contribution in [0.1, 0.15) is 25.5 Å². The van der Waals surface area contributed by atoms with Crippen molar-refractivity contribution in [3.63, 3.8) is 0 Å². The fourth-order valence-corrected chi connectivity index (χ4v) is 3.44. The van der Waals surface area contributed by atoms with E-state index in [1.165, 1.54) is 28.3 Å². The summed E-state index contributed by atoms with van der Waals surface area (Å²) in [6, 6.07) is 4.19. The highest BCUT2D eigenvalue weighted by atomic mass is 79.9. The summed E-state index contributed by atoms with van der Waals surface area (Å²) in [5, 5.41) is 0.253. The van der Waals surface area contributed by atoms with E-state index in [0.29, 0.717) is 4.73 Å². The smallest absolute Gasteiger partial charge is 0.308 e. The van der Waals surface area contributed by atoms with Crippen LogP contribution in [-0.4, -0.2) is 18.7 Å². The zero-order chi connectivity index (χ0) is 18.5. The van der Waals surface area contributed by atoms with Crippen molar-refractivity contribution in [3.8, 4) is 0 Å². The highest BCUT2D eigenvalue weighted by Gasteiger charge is 2.22. The van der Waals surface area contributed by atoms with Crippen molar-refractivity contribution in [2.75, 3.05) is 0 Å². The maximum absolute atomic E-state index is 14.2. The summed E-state index contributed by atoms with van der Waals surface area (Å²) < 4.78 is 18.4. The van der Waals surface area contributed by atoms with Crippen LogP contribution in [0.3, 0.4) is 0 Å². The Kier molecular flexibility index (Phi) is 4.59. The Morgan fingerprint density at radius 2 is 2.00 bits per heavy atom. The van der Waals surface area contributed by atoms with Gasteiger partial charge in [0.1, 0.15) is 5.82 Å². The van der Waals surface area contributed by atoms with Gasteiger partial charge in [0, 0.05) is 23.7 Å². The van der Waals surface area contributed by atoms with Crippen molar-refractivity contribution in [3.05, 3.63) is 60.2 Å². The Morgan fingerprint density at radius 1 is 1.32 bits per heavy atom. The van der Waals surface area contributed by atoms with E-state index >= 15 is 0 Å². The second-order valence-corrected chi connectivity index (χ2v) is 7.07. The van der Waals surface area contributed by atoms with Crippen LogP contribution in [0.2, 0.25) is 5.02 Å². The van der Waals surface area contributed by atoms with E-state index in [1.54, 1.807) is 6.07 Å². The Morgan fingerprint density at radius 3 is 2.60 bits per heavy atom. The van der Waals surface area contributed by atoms with E-state index in [-0.39, 0.29) is 34.3 Å². The number of rotatable bonds is 3. The lowest BCUT2D eigenvalue weighted by Gasteiger charge is -2.13. The van der Waals surface area contributed by atoms with Crippen LogP contribution in [-0.2, 0) is 13.6 Å². The minimum Gasteiger partial charge on any atom is -0.308 e. The SMILES string of the molecule is CC(C)n1c(=O)n(C)c(=O)c2c1nc(Br)n2Cc1c(F)cccc1Cl. The lowest BCUT2D eigenvalue weighted by atomic mass is 10.2. The van der Waals surface area contributed by atoms with Crippen molar-refractivity contribution >= 4 is 38.7 Å². The fourth-order valence-electron chi connectivity index (χ4n) is 2.74. The summed E-state index contributed by atoms with van der Waals surface area (Å²) in [4.78, 5) is 29.4. The first-order valence-electron chi connectivity index (χ1n) is 7.54. The topological polar surface area (TPSA) is 61.8 Å². The molecule has 0 spiro atoms. The third-order valence-electron chi connectivity index (χ3n) is 4.03. The quantitative estimate of drug-likeness (QED) is 0.601. The number of fused-ring (bicyclic) bond motifs is 1. The zero-order valence-corrected chi connectivity index (χ0v) is 16.1. The second kappa shape index (κ2) is 6.42. The van der Waals surface area contributed by atoms with Gasteiger partial charge in [0.25, 0.3) is 5.56 Å². The average Bonchev–Trinajstić information content (AvgIpc) is 2.85. The van der Waals surface area contributed by atoms with Crippen molar-refractivity contribution in [1.82, 2.24) is 18.7 Å². The largest absolute Gasteiger partial charge is 0.332 e. The molecule has 0 unspecified atom stereocenters. The molecule has 3 aromatic rings. The molecule has 6 nitrogen and oxygen atoms in total. The molecule has 0 amide bonds. The van der Waals surface area contributed by atoms with Crippen LogP contribution in [0.15, 0.2) is 32.5 Å². The van der Waals surface area contributed by atoms with Crippen LogP contribution >= 0.6 is 27.5 Å². The van der Waals surface area contributed by atoms with Crippen LogP contribution in [0.25, 0.3) is 11.2 Å². The highest BCUT2D eigenvalue weighted by Crippen LogP contribution is 2.25. The monoisotopic (exact) mass is 428 g/mol. The Labute approximate surface area is 155 Å². The van der Waals surface area contributed by atoms with E-state index in [0.717, 1.165) is 4.57 Å². The molecule has 0 aliphatic carbocycles. The van der Waals surface area contributed by atoms with Crippen molar-refractivity contribution in [2.24, 2.45) is 7.05 Å². The van der Waals surface area contributed by atoms with Gasteiger partial charge in [-0.25, -0.2) is 14.2 Å². The van der Waals surface area contributed by atoms with Gasteiger partial charge in [-0.1, -0.05) is 17.7 Å². The summed E-state index contributed by atoms with van der Waals surface area (Å²) in [6.45, 7) is 3.66. The molecule has 25 heavy (non-hydrogen) atoms. The van der Waals surface area contributed by atoms with Crippen LogP contribution < -0.4 is 11.2 Å². The predicted octanol–water partition coefficient (Wildman–Crippen LogP) is 3.08. The number of hydrogen-bond acceptors (Lipinski definition) is 3. The van der Waals surface area contributed by atoms with Crippen LogP contribution in [0.5, 0.6) is 0 Å². The molecule has 132 valence electrons. The molecule has 0 radical (unpaired) electrons. The third kappa shape index (κ3) is 2.83. The average molecular weight is 430 g/mol. The molecule has 0 saturated carbocycles. The number of imidazole rings is 1. The van der Waals surface area contributed by atoms with E-state index in [2.05, 4.69) is 20.9 Å². The molecule has 0 N–H and O–H groups in total. The normalized spacial score (nSPS) is 11.6. The molecule has 0 fully saturated rings. The Balaban J connectivity index is 2.36. The van der Waals surface area contributed by atoms with Crippen molar-refractivity contribution in [1.29, 1.82) is 0 Å². The van der Waals surface area contributed by atoms with Crippen LogP contribution in [0, 0.1) is 5.82 Å². The molecule has 9 heteroatoms. The highest BCUT2D eigenvalue weighted by molar-refractivity contribution is 9.10. The minimum absolute atomic E-state index is 0.00806. The summed E-state index contributed by atoms with van der Waals surface area (Å²) in [6.07, 6.45) is 0. The van der Waals surface area contributed by atoms with Gasteiger partial charge in [-0.2, -0.15) is 0 Å². The standard InChI is InChI=1S/C16H15BrClFN4O2/c1-8(2)23-13-12(14(24)21(3)16(23)25)22(15(17)20-13)7-9-10(18)5-4-6-11(9)19/h4-6,8H,7H2,1-3H3. The van der Waals surface area contributed by atoms with E-state index < -0.39 is 17.1 Å². The van der Waals surface area contributed by atoms with Gasteiger partial charge in [0.2, 0.25) is 0 Å². The summed E-state index contributed by atoms with van der Waals surface area (Å²) in [7, 11) is 1.41. The van der Waals surface area contributed by atoms with Gasteiger partial charge >= 0.3 is 5.69 Å². The van der Waals surface area contributed by atoms with Gasteiger partial charge < -0.3 is 4.57 Å². The molecular formula is C16H15BrClFN4O2. The van der Waals surface area contributed by atoms with Gasteiger partial charge in [-0.05, 0) is 41.9 Å². The minimum atomic E-state index is -0.498. The lowest BCUT2D eigenvalue weighted by molar-refractivity contribution is 0.551. The first kappa shape index (κ1) is 17.9. The second-order valence-electron chi connectivity index (χ2n) is 5.95. The molecule has 0 saturated heterocycles. The molecule has 3 rings (SSSR count). The number of nitrogens with zero attached hydrogens (tertiary/aromatic N) is 4. The molecule has 0 atom stereocenters. The summed E-state index contributed by atoms with van der Waals surface area (Å²) in [5.74, 6) is -0.477. The summed E-state index contributed by atoms with van der Waals surface area (Å²) in [5.41, 5.74) is -0.242. The number of benzene rings is 1. The van der Waals surface area contributed by atoms with Crippen molar-refractivity contribution < 1.29 is 4.39 Å². The van der Waals surface area contributed by atoms with E-state index in [4.69, 9.17) is 11.6 Å². The number of hydrogen-bond donors (Lipinski definition) is 0. The van der Waals surface area contributed by atoms with Gasteiger partial charge in [-0.15, -0.1) is 0 Å². The lowest BCUT2D eigenvalue weighted by Crippen LogP contribution is -2.39. The van der Waals surface area contributed by atoms with E-state index in [1.807, 2.05) is 13.8 Å². The van der Waals surface area contributed by atoms with Gasteiger partial charge in [0.05, 0.1) is 6.54 Å². The van der Waals surface area contributed by atoms with Gasteiger partial charge in [-0.3, -0.25) is 13.9 Å². The van der Waals surface area contributed by atoms with E-state index in [9.17, 15) is 14.0 Å². The predicted molar refractivity (Wildman–Crippen MR) is 97.8 cm³/mol. The van der Waals surface area contributed by atoms with Gasteiger partial charge in [0.15, 0.2) is 15.9 Å². The number of halogens is 3. The Bertz CT molecular complexity index is 1080. The Hall–Kier alpha value is -1.93. The molecule has 2 heterocycles. The van der Waals surface area contributed by atoms with Crippen LogP contribution in [0.4, 0.5) is 4.39 Å². The maximum atomic E-state index is 14.2. The third-order valence-corrected chi connectivity index (χ3v) is 4.98. The molecule has 0 aliphatic rings. The number of aromatic nitrogens is 4. The molecule has 0 aliphatic heterocycles. The first-order chi connectivity index (χ1) is 11.7. The fraction of sp³-hybridized carbons (Fsp3) is 0.312. The molecule has 1 aromatic carbocycles. The zero-order valence-electron chi connectivity index (χ0n) is 13.8.